The first-order valence-corrected chi connectivity index (χ1v) is 8.42. The van der Waals surface area contributed by atoms with Gasteiger partial charge in [0.05, 0.1) is 10.9 Å². The smallest absolute Gasteiger partial charge is 0.271 e. The maximum atomic E-state index is 11.6. The number of hydrogen-bond donors (Lipinski definition) is 4. The van der Waals surface area contributed by atoms with Gasteiger partial charge < -0.3 is 10.6 Å². The fourth-order valence-corrected chi connectivity index (χ4v) is 3.47. The molecule has 4 N–H and O–H groups in total. The van der Waals surface area contributed by atoms with Crippen molar-refractivity contribution in [1.82, 2.24) is 15.2 Å². The molecule has 2 unspecified atom stereocenters. The van der Waals surface area contributed by atoms with Gasteiger partial charge in [0.15, 0.2) is 0 Å². The molecule has 2 atom stereocenters. The number of H-pyrrole nitrogens is 2. The van der Waals surface area contributed by atoms with Crippen molar-refractivity contribution in [3.8, 4) is 0 Å². The molecule has 24 heavy (non-hydrogen) atoms. The third kappa shape index (κ3) is 3.13. The Kier molecular flexibility index (Phi) is 3.94. The van der Waals surface area contributed by atoms with Gasteiger partial charge in [-0.3, -0.25) is 15.0 Å². The van der Waals surface area contributed by atoms with Crippen LogP contribution in [0.25, 0.3) is 10.9 Å². The van der Waals surface area contributed by atoms with Gasteiger partial charge in [-0.2, -0.15) is 0 Å². The van der Waals surface area contributed by atoms with Crippen molar-refractivity contribution in [3.63, 3.8) is 0 Å². The molecular formula is C18H21N5O. The fraction of sp³-hybridized carbons (Fsp3) is 0.333. The van der Waals surface area contributed by atoms with Crippen LogP contribution >= 0.6 is 0 Å². The van der Waals surface area contributed by atoms with Crippen molar-refractivity contribution in [2.45, 2.75) is 37.8 Å². The van der Waals surface area contributed by atoms with Crippen molar-refractivity contribution in [2.75, 3.05) is 10.6 Å². The molecule has 1 fully saturated rings. The largest absolute Gasteiger partial charge is 0.382 e. The lowest BCUT2D eigenvalue weighted by molar-refractivity contribution is 0.427. The lowest BCUT2D eigenvalue weighted by Crippen LogP contribution is -2.34. The molecule has 0 bridgehead atoms. The summed E-state index contributed by atoms with van der Waals surface area (Å²) in [5.41, 5.74) is 1.80. The fourth-order valence-electron chi connectivity index (χ4n) is 3.47. The van der Waals surface area contributed by atoms with E-state index >= 15 is 0 Å². The summed E-state index contributed by atoms with van der Waals surface area (Å²) in [7, 11) is 0. The van der Waals surface area contributed by atoms with Crippen LogP contribution in [-0.2, 0) is 0 Å². The molecule has 124 valence electrons. The van der Waals surface area contributed by atoms with Crippen LogP contribution in [0.4, 0.5) is 11.5 Å². The van der Waals surface area contributed by atoms with E-state index in [9.17, 15) is 4.79 Å². The number of nitrogens with zero attached hydrogens (tertiary/aromatic N) is 1. The minimum Gasteiger partial charge on any atom is -0.382 e. The predicted octanol–water partition coefficient (Wildman–Crippen LogP) is 3.09. The van der Waals surface area contributed by atoms with Crippen LogP contribution in [0.3, 0.4) is 0 Å². The van der Waals surface area contributed by atoms with Crippen LogP contribution in [-0.4, -0.2) is 27.3 Å². The Hall–Kier alpha value is -2.76. The number of aromatic amines is 2. The van der Waals surface area contributed by atoms with Crippen LogP contribution < -0.4 is 16.2 Å². The Labute approximate surface area is 139 Å². The molecule has 0 spiro atoms. The number of hydrogen-bond acceptors (Lipinski definition) is 4. The highest BCUT2D eigenvalue weighted by Crippen LogP contribution is 2.25. The Morgan fingerprint density at radius 3 is 2.75 bits per heavy atom. The molecule has 0 saturated heterocycles. The summed E-state index contributed by atoms with van der Waals surface area (Å²) in [6, 6.07) is 12.6. The van der Waals surface area contributed by atoms with Gasteiger partial charge in [0.2, 0.25) is 0 Å². The summed E-state index contributed by atoms with van der Waals surface area (Å²) < 4.78 is 0. The molecule has 2 heterocycles. The van der Waals surface area contributed by atoms with Gasteiger partial charge in [-0.15, -0.1) is 0 Å². The topological polar surface area (TPSA) is 85.6 Å². The van der Waals surface area contributed by atoms with Crippen LogP contribution in [0.15, 0.2) is 47.4 Å². The number of fused-ring (bicyclic) bond motifs is 1. The highest BCUT2D eigenvalue weighted by molar-refractivity contribution is 5.81. The van der Waals surface area contributed by atoms with Crippen LogP contribution in [0.1, 0.15) is 25.7 Å². The number of anilines is 2. The standard InChI is InChI=1S/C18H21N5O/c24-18-15-8-7-14(11-16(15)22-23-18)20-12-4-3-5-13(10-12)21-17-6-1-2-9-19-17/h1-2,6-9,11-13,20H,3-5,10H2,(H,19,21)(H2,22,23,24). The Balaban J connectivity index is 1.42. The van der Waals surface area contributed by atoms with E-state index in [1.54, 1.807) is 0 Å². The first kappa shape index (κ1) is 14.8. The molecule has 0 amide bonds. The van der Waals surface area contributed by atoms with Crippen LogP contribution in [0, 0.1) is 0 Å². The van der Waals surface area contributed by atoms with Crippen LogP contribution in [0.5, 0.6) is 0 Å². The van der Waals surface area contributed by atoms with Gasteiger partial charge in [-0.25, -0.2) is 4.98 Å². The van der Waals surface area contributed by atoms with E-state index in [0.717, 1.165) is 29.9 Å². The molecule has 0 radical (unpaired) electrons. The molecule has 2 aromatic heterocycles. The lowest BCUT2D eigenvalue weighted by atomic mass is 9.90. The second kappa shape index (κ2) is 6.39. The van der Waals surface area contributed by atoms with Crippen molar-refractivity contribution in [3.05, 3.63) is 52.9 Å². The molecular weight excluding hydrogens is 302 g/mol. The second-order valence-electron chi connectivity index (χ2n) is 6.40. The van der Waals surface area contributed by atoms with E-state index in [0.29, 0.717) is 17.5 Å². The first-order valence-electron chi connectivity index (χ1n) is 8.42. The Morgan fingerprint density at radius 1 is 1.04 bits per heavy atom. The maximum Gasteiger partial charge on any atom is 0.271 e. The molecule has 1 aliphatic rings. The number of aromatic nitrogens is 3. The molecule has 3 aromatic rings. The van der Waals surface area contributed by atoms with Gasteiger partial charge in [-0.05, 0) is 56.0 Å². The van der Waals surface area contributed by atoms with E-state index in [2.05, 4.69) is 25.8 Å². The number of benzene rings is 1. The second-order valence-corrected chi connectivity index (χ2v) is 6.40. The van der Waals surface area contributed by atoms with E-state index in [1.165, 1.54) is 12.8 Å². The highest BCUT2D eigenvalue weighted by Gasteiger charge is 2.22. The summed E-state index contributed by atoms with van der Waals surface area (Å²) in [5.74, 6) is 0.939. The van der Waals surface area contributed by atoms with Gasteiger partial charge in [0, 0.05) is 24.0 Å². The van der Waals surface area contributed by atoms with E-state index in [-0.39, 0.29) is 5.56 Å². The van der Waals surface area contributed by atoms with Gasteiger partial charge in [0.25, 0.3) is 5.56 Å². The van der Waals surface area contributed by atoms with Crippen molar-refractivity contribution >= 4 is 22.4 Å². The highest BCUT2D eigenvalue weighted by atomic mass is 16.1. The zero-order valence-corrected chi connectivity index (χ0v) is 13.4. The molecule has 1 saturated carbocycles. The molecule has 0 aliphatic heterocycles. The van der Waals surface area contributed by atoms with Crippen molar-refractivity contribution in [1.29, 1.82) is 0 Å². The SMILES string of the molecule is O=c1[nH][nH]c2cc(NC3CCCC(Nc4ccccn4)C3)ccc12. The quantitative estimate of drug-likeness (QED) is 0.594. The van der Waals surface area contributed by atoms with E-state index < -0.39 is 0 Å². The maximum absolute atomic E-state index is 11.6. The number of pyridine rings is 1. The molecule has 4 rings (SSSR count). The Bertz CT molecular complexity index is 870. The normalized spacial score (nSPS) is 20.8. The summed E-state index contributed by atoms with van der Waals surface area (Å²) in [5, 5.41) is 13.3. The minimum atomic E-state index is -0.0751. The predicted molar refractivity (Wildman–Crippen MR) is 96.4 cm³/mol. The summed E-state index contributed by atoms with van der Waals surface area (Å²) in [4.78, 5) is 15.9. The minimum absolute atomic E-state index is 0.0751. The molecule has 6 nitrogen and oxygen atoms in total. The summed E-state index contributed by atoms with van der Waals surface area (Å²) >= 11 is 0. The van der Waals surface area contributed by atoms with Crippen LogP contribution in [0.2, 0.25) is 0 Å². The molecule has 6 heteroatoms. The average molecular weight is 323 g/mol. The molecule has 1 aromatic carbocycles. The zero-order chi connectivity index (χ0) is 16.4. The third-order valence-corrected chi connectivity index (χ3v) is 4.64. The van der Waals surface area contributed by atoms with E-state index in [4.69, 9.17) is 0 Å². The van der Waals surface area contributed by atoms with Crippen molar-refractivity contribution in [2.24, 2.45) is 0 Å². The summed E-state index contributed by atoms with van der Waals surface area (Å²) in [6.07, 6.45) is 6.37. The van der Waals surface area contributed by atoms with Crippen molar-refractivity contribution < 1.29 is 0 Å². The average Bonchev–Trinajstić information content (AvgIpc) is 2.97. The zero-order valence-electron chi connectivity index (χ0n) is 13.4. The number of nitrogens with one attached hydrogen (secondary N) is 4. The Morgan fingerprint density at radius 2 is 1.92 bits per heavy atom. The van der Waals surface area contributed by atoms with Gasteiger partial charge in [0.1, 0.15) is 5.82 Å². The summed E-state index contributed by atoms with van der Waals surface area (Å²) in [6.45, 7) is 0. The van der Waals surface area contributed by atoms with Gasteiger partial charge >= 0.3 is 0 Å². The lowest BCUT2D eigenvalue weighted by Gasteiger charge is -2.31. The van der Waals surface area contributed by atoms with Gasteiger partial charge in [-0.1, -0.05) is 6.07 Å². The van der Waals surface area contributed by atoms with E-state index in [1.807, 2.05) is 42.6 Å². The monoisotopic (exact) mass is 323 g/mol. The third-order valence-electron chi connectivity index (χ3n) is 4.64. The first-order chi connectivity index (χ1) is 11.8. The number of rotatable bonds is 4. The molecule has 1 aliphatic carbocycles.